The molecule has 33 heavy (non-hydrogen) atoms. The van der Waals surface area contributed by atoms with Gasteiger partial charge < -0.3 is 30.3 Å². The molecule has 2 aliphatic rings. The van der Waals surface area contributed by atoms with Crippen molar-refractivity contribution in [3.63, 3.8) is 0 Å². The SMILES string of the molecule is C[C@@H]1/C=C\C(=O)[C@@H](O)[C@@H](O)C/C=C/c2cc(NCCN3CCCC3)cc(O)c2C(=O)O[C@H]1C. The Bertz CT molecular complexity index is 906. The summed E-state index contributed by atoms with van der Waals surface area (Å²) in [5, 5.41) is 34.2. The van der Waals surface area contributed by atoms with Crippen LogP contribution < -0.4 is 5.32 Å². The smallest absolute Gasteiger partial charge is 0.342 e. The molecule has 0 radical (unpaired) electrons. The number of ether oxygens (including phenoxy) is 1. The summed E-state index contributed by atoms with van der Waals surface area (Å²) in [6.07, 6.45) is 4.87. The molecule has 0 amide bonds. The third-order valence-electron chi connectivity index (χ3n) is 6.24. The molecule has 2 aliphatic heterocycles. The van der Waals surface area contributed by atoms with E-state index in [1.807, 2.05) is 0 Å². The number of aliphatic hydroxyl groups is 2. The minimum Gasteiger partial charge on any atom is -0.507 e. The number of phenolic OH excluding ortho intramolecular Hbond substituents is 1. The molecule has 8 heteroatoms. The zero-order valence-corrected chi connectivity index (χ0v) is 19.2. The number of anilines is 1. The second kappa shape index (κ2) is 11.4. The Kier molecular flexibility index (Phi) is 8.66. The first-order valence-electron chi connectivity index (χ1n) is 11.5. The van der Waals surface area contributed by atoms with Crippen LogP contribution in [0.4, 0.5) is 5.69 Å². The number of nitrogens with zero attached hydrogens (tertiary/aromatic N) is 1. The van der Waals surface area contributed by atoms with Crippen LogP contribution in [0.15, 0.2) is 30.4 Å². The number of aliphatic hydroxyl groups excluding tert-OH is 2. The van der Waals surface area contributed by atoms with E-state index in [1.54, 1.807) is 32.1 Å². The number of benzene rings is 1. The molecule has 4 N–H and O–H groups in total. The number of hydrogen-bond acceptors (Lipinski definition) is 8. The van der Waals surface area contributed by atoms with Gasteiger partial charge in [-0.2, -0.15) is 0 Å². The van der Waals surface area contributed by atoms with Crippen LogP contribution in [0.5, 0.6) is 5.75 Å². The van der Waals surface area contributed by atoms with E-state index in [-0.39, 0.29) is 23.7 Å². The maximum Gasteiger partial charge on any atom is 0.342 e. The van der Waals surface area contributed by atoms with Crippen LogP contribution in [0, 0.1) is 5.92 Å². The summed E-state index contributed by atoms with van der Waals surface area (Å²) in [4.78, 5) is 27.4. The number of cyclic esters (lactones) is 1. The molecule has 0 spiro atoms. The summed E-state index contributed by atoms with van der Waals surface area (Å²) in [6, 6.07) is 3.25. The monoisotopic (exact) mass is 458 g/mol. The average Bonchev–Trinajstić information content (AvgIpc) is 3.29. The third kappa shape index (κ3) is 6.66. The second-order valence-corrected chi connectivity index (χ2v) is 8.82. The highest BCUT2D eigenvalue weighted by atomic mass is 16.5. The summed E-state index contributed by atoms with van der Waals surface area (Å²) in [7, 11) is 0. The fourth-order valence-corrected chi connectivity index (χ4v) is 3.96. The Morgan fingerprint density at radius 1 is 1.12 bits per heavy atom. The van der Waals surface area contributed by atoms with E-state index in [9.17, 15) is 24.9 Å². The van der Waals surface area contributed by atoms with Crippen molar-refractivity contribution >= 4 is 23.5 Å². The number of hydrogen-bond donors (Lipinski definition) is 4. The summed E-state index contributed by atoms with van der Waals surface area (Å²) in [5.41, 5.74) is 1.11. The normalized spacial score (nSPS) is 29.1. The fraction of sp³-hybridized carbons (Fsp3) is 0.520. The van der Waals surface area contributed by atoms with Gasteiger partial charge in [0.25, 0.3) is 0 Å². The van der Waals surface area contributed by atoms with Gasteiger partial charge >= 0.3 is 5.97 Å². The van der Waals surface area contributed by atoms with Gasteiger partial charge in [0.2, 0.25) is 0 Å². The van der Waals surface area contributed by atoms with Gasteiger partial charge in [-0.3, -0.25) is 4.79 Å². The number of phenols is 1. The van der Waals surface area contributed by atoms with Gasteiger partial charge in [0.15, 0.2) is 5.78 Å². The molecule has 3 rings (SSSR count). The Hall–Kier alpha value is -2.68. The van der Waals surface area contributed by atoms with Crippen LogP contribution in [0.2, 0.25) is 0 Å². The zero-order chi connectivity index (χ0) is 24.0. The van der Waals surface area contributed by atoms with Gasteiger partial charge in [-0.15, -0.1) is 0 Å². The predicted molar refractivity (Wildman–Crippen MR) is 126 cm³/mol. The van der Waals surface area contributed by atoms with Crippen LogP contribution in [-0.4, -0.2) is 76.5 Å². The van der Waals surface area contributed by atoms with Gasteiger partial charge in [-0.1, -0.05) is 25.2 Å². The molecule has 0 unspecified atom stereocenters. The standard InChI is InChI=1S/C25H34N2O6/c1-16-8-9-21(29)24(31)20(28)7-5-6-18-14-19(26-10-13-27-11-3-4-12-27)15-22(30)23(18)25(32)33-17(16)2/h5-6,8-9,14-17,20,24,26,28,30-31H,3-4,7,10-13H2,1-2H3/b6-5+,9-8-/t16-,17+,20+,24+/m1/s1. The second-order valence-electron chi connectivity index (χ2n) is 8.82. The van der Waals surface area contributed by atoms with Crippen molar-refractivity contribution < 1.29 is 29.6 Å². The molecular formula is C25H34N2O6. The quantitative estimate of drug-likeness (QED) is 0.508. The minimum absolute atomic E-state index is 0.00539. The van der Waals surface area contributed by atoms with Crippen molar-refractivity contribution in [1.29, 1.82) is 0 Å². The van der Waals surface area contributed by atoms with E-state index >= 15 is 0 Å². The number of nitrogens with one attached hydrogen (secondary N) is 1. The highest BCUT2D eigenvalue weighted by Crippen LogP contribution is 2.30. The summed E-state index contributed by atoms with van der Waals surface area (Å²) in [5.74, 6) is -1.81. The van der Waals surface area contributed by atoms with E-state index in [4.69, 9.17) is 4.74 Å². The van der Waals surface area contributed by atoms with Crippen LogP contribution in [-0.2, 0) is 9.53 Å². The molecule has 4 atom stereocenters. The van der Waals surface area contributed by atoms with Crippen LogP contribution in [0.3, 0.4) is 0 Å². The Balaban J connectivity index is 1.86. The molecule has 0 aromatic heterocycles. The summed E-state index contributed by atoms with van der Waals surface area (Å²) < 4.78 is 5.55. The maximum absolute atomic E-state index is 12.9. The van der Waals surface area contributed by atoms with Crippen molar-refractivity contribution in [3.05, 3.63) is 41.5 Å². The largest absolute Gasteiger partial charge is 0.507 e. The van der Waals surface area contributed by atoms with E-state index in [1.165, 1.54) is 31.1 Å². The van der Waals surface area contributed by atoms with Gasteiger partial charge in [-0.05, 0) is 57.0 Å². The summed E-state index contributed by atoms with van der Waals surface area (Å²) in [6.45, 7) is 7.22. The highest BCUT2D eigenvalue weighted by Gasteiger charge is 2.25. The number of esters is 1. The third-order valence-corrected chi connectivity index (χ3v) is 6.24. The predicted octanol–water partition coefficient (Wildman–Crippen LogP) is 2.35. The topological polar surface area (TPSA) is 119 Å². The highest BCUT2D eigenvalue weighted by molar-refractivity contribution is 5.97. The molecule has 0 bridgehead atoms. The van der Waals surface area contributed by atoms with Gasteiger partial charge in [0.05, 0.1) is 6.10 Å². The van der Waals surface area contributed by atoms with E-state index < -0.39 is 30.1 Å². The molecule has 1 aromatic carbocycles. The van der Waals surface area contributed by atoms with E-state index in [0.717, 1.165) is 19.6 Å². The van der Waals surface area contributed by atoms with Gasteiger partial charge in [-0.25, -0.2) is 4.79 Å². The lowest BCUT2D eigenvalue weighted by Crippen LogP contribution is -2.32. The van der Waals surface area contributed by atoms with E-state index in [0.29, 0.717) is 17.8 Å². The zero-order valence-electron chi connectivity index (χ0n) is 19.2. The first-order chi connectivity index (χ1) is 15.8. The number of likely N-dealkylation sites (tertiary alicyclic amines) is 1. The molecule has 0 aliphatic carbocycles. The van der Waals surface area contributed by atoms with Crippen molar-refractivity contribution in [2.75, 3.05) is 31.5 Å². The lowest BCUT2D eigenvalue weighted by Gasteiger charge is -2.20. The fourth-order valence-electron chi connectivity index (χ4n) is 3.96. The van der Waals surface area contributed by atoms with Crippen molar-refractivity contribution in [1.82, 2.24) is 4.90 Å². The van der Waals surface area contributed by atoms with Crippen molar-refractivity contribution in [2.45, 2.75) is 51.4 Å². The molecule has 1 saturated heterocycles. The lowest BCUT2D eigenvalue weighted by atomic mass is 9.99. The van der Waals surface area contributed by atoms with Crippen LogP contribution >= 0.6 is 0 Å². The molecule has 180 valence electrons. The minimum atomic E-state index is -1.55. The van der Waals surface area contributed by atoms with Gasteiger partial charge in [0.1, 0.15) is 23.5 Å². The Morgan fingerprint density at radius 3 is 2.58 bits per heavy atom. The lowest BCUT2D eigenvalue weighted by molar-refractivity contribution is -0.127. The summed E-state index contributed by atoms with van der Waals surface area (Å²) >= 11 is 0. The molecule has 1 aromatic rings. The number of rotatable bonds is 4. The van der Waals surface area contributed by atoms with Crippen LogP contribution in [0.1, 0.15) is 49.0 Å². The molecular weight excluding hydrogens is 424 g/mol. The Morgan fingerprint density at radius 2 is 1.85 bits per heavy atom. The average molecular weight is 459 g/mol. The molecule has 1 fully saturated rings. The van der Waals surface area contributed by atoms with E-state index in [2.05, 4.69) is 10.2 Å². The van der Waals surface area contributed by atoms with Crippen molar-refractivity contribution in [2.24, 2.45) is 5.92 Å². The van der Waals surface area contributed by atoms with Crippen molar-refractivity contribution in [3.8, 4) is 5.75 Å². The molecule has 0 saturated carbocycles. The number of carbonyl (C=O) groups excluding carboxylic acids is 2. The number of aromatic hydroxyl groups is 1. The number of ketones is 1. The number of carbonyl (C=O) groups is 2. The first kappa shape index (κ1) is 25.0. The molecule has 8 nitrogen and oxygen atoms in total. The maximum atomic E-state index is 12.9. The van der Waals surface area contributed by atoms with Gasteiger partial charge in [0, 0.05) is 30.8 Å². The first-order valence-corrected chi connectivity index (χ1v) is 11.5. The molecule has 2 heterocycles. The van der Waals surface area contributed by atoms with Crippen LogP contribution in [0.25, 0.3) is 6.08 Å². The number of fused-ring (bicyclic) bond motifs is 1. The Labute approximate surface area is 194 Å².